The molecule has 3 N–H and O–H groups in total. The molecule has 21 heavy (non-hydrogen) atoms. The van der Waals surface area contributed by atoms with Gasteiger partial charge < -0.3 is 20.3 Å². The Hall–Kier alpha value is -1.12. The second-order valence-corrected chi connectivity index (χ2v) is 6.12. The van der Waals surface area contributed by atoms with Gasteiger partial charge in [0.05, 0.1) is 25.3 Å². The van der Waals surface area contributed by atoms with Crippen LogP contribution < -0.4 is 5.32 Å². The summed E-state index contributed by atoms with van der Waals surface area (Å²) in [6.45, 7) is -0.578. The highest BCUT2D eigenvalue weighted by Crippen LogP contribution is 2.28. The zero-order chi connectivity index (χ0) is 15.6. The van der Waals surface area contributed by atoms with Gasteiger partial charge in [0.1, 0.15) is 11.4 Å². The van der Waals surface area contributed by atoms with Crippen molar-refractivity contribution in [2.75, 3.05) is 13.2 Å². The molecule has 0 spiro atoms. The van der Waals surface area contributed by atoms with Crippen molar-refractivity contribution < 1.29 is 19.9 Å². The number of aliphatic imine (C=N–C) groups is 1. The van der Waals surface area contributed by atoms with Gasteiger partial charge in [0.2, 0.25) is 0 Å². The number of ether oxygens (including phenoxy) is 1. The maximum Gasteiger partial charge on any atom is 0.268 e. The standard InChI is InChI=1S/C10H13ClN4O5S/c11-9-6(1-12)21-10(14-9)13-4-3-20-5(2-16)7(8(4)17)15(18)19/h4-9,16-17H,2-3H2,(H,13,14)/t4-,5+,6?,7-,8+,9?/m0/s1. The Bertz CT molecular complexity index is 487. The predicted octanol–water partition coefficient (Wildman–Crippen LogP) is -1.10. The van der Waals surface area contributed by atoms with Crippen molar-refractivity contribution in [3.63, 3.8) is 0 Å². The third kappa shape index (κ3) is 3.38. The number of aliphatic hydroxyl groups excluding tert-OH is 2. The molecular formula is C10H13ClN4O5S. The van der Waals surface area contributed by atoms with Crippen LogP contribution >= 0.6 is 23.4 Å². The van der Waals surface area contributed by atoms with Gasteiger partial charge in [-0.15, -0.1) is 0 Å². The molecule has 2 aliphatic rings. The van der Waals surface area contributed by atoms with E-state index in [4.69, 9.17) is 26.7 Å². The Balaban J connectivity index is 2.04. The zero-order valence-corrected chi connectivity index (χ0v) is 12.2. The van der Waals surface area contributed by atoms with Crippen LogP contribution in [0.4, 0.5) is 0 Å². The number of hydrogen-bond donors (Lipinski definition) is 3. The van der Waals surface area contributed by atoms with Gasteiger partial charge >= 0.3 is 0 Å². The van der Waals surface area contributed by atoms with E-state index >= 15 is 0 Å². The van der Waals surface area contributed by atoms with Gasteiger partial charge in [0.25, 0.3) is 6.04 Å². The van der Waals surface area contributed by atoms with Crippen molar-refractivity contribution in [2.24, 2.45) is 4.99 Å². The lowest BCUT2D eigenvalue weighted by Crippen LogP contribution is -2.62. The summed E-state index contributed by atoms with van der Waals surface area (Å²) in [7, 11) is 0. The van der Waals surface area contributed by atoms with Crippen LogP contribution in [0, 0.1) is 21.4 Å². The van der Waals surface area contributed by atoms with Crippen molar-refractivity contribution >= 4 is 28.5 Å². The molecule has 0 aromatic rings. The number of halogens is 1. The van der Waals surface area contributed by atoms with Crippen LogP contribution in [0.3, 0.4) is 0 Å². The maximum absolute atomic E-state index is 11.0. The van der Waals surface area contributed by atoms with Gasteiger partial charge in [0, 0.05) is 4.92 Å². The van der Waals surface area contributed by atoms with Crippen LogP contribution in [0.2, 0.25) is 0 Å². The first kappa shape index (κ1) is 16.3. The molecule has 0 amide bonds. The van der Waals surface area contributed by atoms with E-state index in [-0.39, 0.29) is 6.61 Å². The quantitative estimate of drug-likeness (QED) is 0.255. The van der Waals surface area contributed by atoms with Crippen LogP contribution in [0.1, 0.15) is 0 Å². The van der Waals surface area contributed by atoms with Gasteiger partial charge in [-0.1, -0.05) is 23.4 Å². The summed E-state index contributed by atoms with van der Waals surface area (Å²) in [4.78, 5) is 14.3. The topological polar surface area (TPSA) is 141 Å². The maximum atomic E-state index is 11.0. The summed E-state index contributed by atoms with van der Waals surface area (Å²) in [5, 5.41) is 41.6. The molecule has 2 heterocycles. The largest absolute Gasteiger partial charge is 0.393 e. The first-order chi connectivity index (χ1) is 9.97. The van der Waals surface area contributed by atoms with E-state index in [1.54, 1.807) is 0 Å². The number of rotatable bonds is 3. The molecule has 9 nitrogen and oxygen atoms in total. The molecule has 0 aliphatic carbocycles. The van der Waals surface area contributed by atoms with Crippen molar-refractivity contribution in [1.82, 2.24) is 5.32 Å². The second-order valence-electron chi connectivity index (χ2n) is 4.55. The minimum Gasteiger partial charge on any atom is -0.393 e. The summed E-state index contributed by atoms with van der Waals surface area (Å²) >= 11 is 6.94. The summed E-state index contributed by atoms with van der Waals surface area (Å²) < 4.78 is 5.20. The molecule has 2 rings (SSSR count). The molecule has 0 radical (unpaired) electrons. The van der Waals surface area contributed by atoms with Gasteiger partial charge in [-0.25, -0.2) is 4.99 Å². The van der Waals surface area contributed by atoms with E-state index in [0.29, 0.717) is 5.17 Å². The van der Waals surface area contributed by atoms with Crippen LogP contribution in [0.5, 0.6) is 0 Å². The fraction of sp³-hybridized carbons (Fsp3) is 0.800. The van der Waals surface area contributed by atoms with Gasteiger partial charge in [-0.05, 0) is 0 Å². The van der Waals surface area contributed by atoms with Crippen LogP contribution in [-0.2, 0) is 4.74 Å². The number of nitrogens with zero attached hydrogens (tertiary/aromatic N) is 3. The summed E-state index contributed by atoms with van der Waals surface area (Å²) in [6, 6.07) is -0.229. The number of nitrogens with one attached hydrogen (secondary N) is 1. The van der Waals surface area contributed by atoms with Gasteiger partial charge in [-0.3, -0.25) is 10.1 Å². The second kappa shape index (κ2) is 6.76. The molecule has 0 aromatic heterocycles. The first-order valence-electron chi connectivity index (χ1n) is 6.06. The summed E-state index contributed by atoms with van der Waals surface area (Å²) in [5.74, 6) is 0. The van der Waals surface area contributed by atoms with Crippen LogP contribution in [0.15, 0.2) is 4.99 Å². The van der Waals surface area contributed by atoms with Gasteiger partial charge in [-0.2, -0.15) is 5.26 Å². The Morgan fingerprint density at radius 2 is 2.43 bits per heavy atom. The number of thioether (sulfide) groups is 1. The highest BCUT2D eigenvalue weighted by Gasteiger charge is 2.48. The molecule has 2 aliphatic heterocycles. The van der Waals surface area contributed by atoms with E-state index in [9.17, 15) is 15.2 Å². The van der Waals surface area contributed by atoms with Crippen molar-refractivity contribution in [3.8, 4) is 6.07 Å². The molecule has 0 bridgehead atoms. The van der Waals surface area contributed by atoms with Crippen molar-refractivity contribution in [2.45, 2.75) is 35.0 Å². The lowest BCUT2D eigenvalue weighted by atomic mass is 9.96. The molecule has 1 saturated heterocycles. The summed E-state index contributed by atoms with van der Waals surface area (Å²) in [6.07, 6.45) is -2.41. The van der Waals surface area contributed by atoms with E-state index in [2.05, 4.69) is 10.3 Å². The third-order valence-electron chi connectivity index (χ3n) is 3.22. The van der Waals surface area contributed by atoms with E-state index < -0.39 is 46.6 Å². The molecule has 6 atom stereocenters. The number of aliphatic hydroxyl groups is 2. The molecule has 1 fully saturated rings. The molecule has 2 unspecified atom stereocenters. The number of alkyl halides is 1. The average Bonchev–Trinajstić information content (AvgIpc) is 2.80. The lowest BCUT2D eigenvalue weighted by Gasteiger charge is -2.35. The van der Waals surface area contributed by atoms with E-state index in [0.717, 1.165) is 11.8 Å². The molecule has 0 aromatic carbocycles. The highest BCUT2D eigenvalue weighted by atomic mass is 35.5. The predicted molar refractivity (Wildman–Crippen MR) is 74.6 cm³/mol. The Morgan fingerprint density at radius 1 is 1.71 bits per heavy atom. The fourth-order valence-corrected chi connectivity index (χ4v) is 3.36. The smallest absolute Gasteiger partial charge is 0.268 e. The Kier molecular flexibility index (Phi) is 5.23. The Morgan fingerprint density at radius 3 is 2.95 bits per heavy atom. The molecule has 11 heteroatoms. The van der Waals surface area contributed by atoms with Crippen molar-refractivity contribution in [1.29, 1.82) is 5.26 Å². The van der Waals surface area contributed by atoms with Crippen LogP contribution in [-0.4, -0.2) is 68.6 Å². The van der Waals surface area contributed by atoms with E-state index in [1.807, 2.05) is 6.07 Å². The number of amidine groups is 1. The monoisotopic (exact) mass is 336 g/mol. The SMILES string of the molecule is N#CC1SC(N[C@H]2CO[C@H](CO)[C@H]([N+](=O)[O-])[C@@H]2O)=NC1Cl. The fourth-order valence-electron chi connectivity index (χ4n) is 2.13. The minimum atomic E-state index is -1.44. The first-order valence-corrected chi connectivity index (χ1v) is 7.38. The zero-order valence-electron chi connectivity index (χ0n) is 10.6. The molecular weight excluding hydrogens is 324 g/mol. The molecule has 116 valence electrons. The average molecular weight is 337 g/mol. The normalized spacial score (nSPS) is 39.4. The number of nitriles is 1. The molecule has 0 saturated carbocycles. The number of nitro groups is 1. The third-order valence-corrected chi connectivity index (χ3v) is 4.78. The van der Waals surface area contributed by atoms with Crippen LogP contribution in [0.25, 0.3) is 0 Å². The van der Waals surface area contributed by atoms with Crippen molar-refractivity contribution in [3.05, 3.63) is 10.1 Å². The van der Waals surface area contributed by atoms with Gasteiger partial charge in [0.15, 0.2) is 16.8 Å². The lowest BCUT2D eigenvalue weighted by molar-refractivity contribution is -0.554. The minimum absolute atomic E-state index is 0.0273. The van der Waals surface area contributed by atoms with E-state index in [1.165, 1.54) is 0 Å². The summed E-state index contributed by atoms with van der Waals surface area (Å²) in [5.41, 5.74) is -0.708. The highest BCUT2D eigenvalue weighted by molar-refractivity contribution is 8.14. The number of hydrogen-bond acceptors (Lipinski definition) is 9. The Labute approximate surface area is 129 Å².